The van der Waals surface area contributed by atoms with E-state index in [0.29, 0.717) is 0 Å². The van der Waals surface area contributed by atoms with E-state index in [-0.39, 0.29) is 5.92 Å². The number of hydrogen-bond acceptors (Lipinski definition) is 4. The summed E-state index contributed by atoms with van der Waals surface area (Å²) in [7, 11) is 0. The average Bonchev–Trinajstić information content (AvgIpc) is 1.99. The number of carbonyl (C=O) groups excluding carboxylic acids is 2. The third kappa shape index (κ3) is 4.78. The normalized spacial score (nSPS) is 13.5. The molecule has 0 aromatic rings. The Morgan fingerprint density at radius 1 is 1.27 bits per heavy atom. The molecule has 0 radical (unpaired) electrons. The van der Waals surface area contributed by atoms with Crippen molar-refractivity contribution in [2.75, 3.05) is 0 Å². The van der Waals surface area contributed by atoms with Crippen molar-refractivity contribution in [3.63, 3.8) is 0 Å². The molecule has 0 heterocycles. The van der Waals surface area contributed by atoms with Crippen LogP contribution in [0.4, 0.5) is 0 Å². The number of nitrogens with two attached hydrogens (primary N) is 1. The molecule has 0 unspecified atom stereocenters. The van der Waals surface area contributed by atoms with E-state index in [9.17, 15) is 9.59 Å². The molecule has 0 aliphatic heterocycles. The largest absolute Gasteiger partial charge is 0.459 e. The van der Waals surface area contributed by atoms with Crippen LogP contribution in [0.15, 0.2) is 0 Å². The summed E-state index contributed by atoms with van der Waals surface area (Å²) >= 11 is 0. The van der Waals surface area contributed by atoms with Crippen molar-refractivity contribution in [1.29, 1.82) is 0 Å². The highest BCUT2D eigenvalue weighted by Crippen LogP contribution is 2.17. The molecule has 0 saturated heterocycles. The molecule has 15 heavy (non-hydrogen) atoms. The first-order valence-electron chi connectivity index (χ1n) is 4.92. The van der Waals surface area contributed by atoms with Crippen LogP contribution in [0.1, 0.15) is 34.6 Å². The Balaban J connectivity index is 4.65. The lowest BCUT2D eigenvalue weighted by atomic mass is 9.95. The van der Waals surface area contributed by atoms with Crippen molar-refractivity contribution >= 4 is 11.9 Å². The van der Waals surface area contributed by atoms with Crippen molar-refractivity contribution in [2.45, 2.75) is 40.2 Å². The molecule has 0 aliphatic rings. The van der Waals surface area contributed by atoms with Crippen molar-refractivity contribution in [1.82, 2.24) is 5.43 Å². The molecule has 0 aromatic carbocycles. The van der Waals surface area contributed by atoms with Gasteiger partial charge in [-0.1, -0.05) is 13.8 Å². The van der Waals surface area contributed by atoms with Crippen LogP contribution in [-0.2, 0) is 14.3 Å². The molecule has 88 valence electrons. The lowest BCUT2D eigenvalue weighted by Crippen LogP contribution is -2.44. The topological polar surface area (TPSA) is 81.4 Å². The molecule has 0 bridgehead atoms. The van der Waals surface area contributed by atoms with Gasteiger partial charge in [0.2, 0.25) is 5.91 Å². The average molecular weight is 216 g/mol. The second kappa shape index (κ2) is 5.11. The lowest BCUT2D eigenvalue weighted by Gasteiger charge is -2.24. The van der Waals surface area contributed by atoms with Crippen molar-refractivity contribution in [3.05, 3.63) is 0 Å². The molecule has 1 amide bonds. The fourth-order valence-electron chi connectivity index (χ4n) is 1.14. The Morgan fingerprint density at radius 2 is 1.73 bits per heavy atom. The van der Waals surface area contributed by atoms with Gasteiger partial charge in [-0.05, 0) is 26.7 Å². The number of hydrazine groups is 1. The van der Waals surface area contributed by atoms with Crippen LogP contribution in [0.25, 0.3) is 0 Å². The Kier molecular flexibility index (Phi) is 4.74. The number of esters is 1. The monoisotopic (exact) mass is 216 g/mol. The second-order valence-corrected chi connectivity index (χ2v) is 4.76. The first-order valence-corrected chi connectivity index (χ1v) is 4.92. The summed E-state index contributed by atoms with van der Waals surface area (Å²) in [6.45, 7) is 8.79. The molecular formula is C10H20N2O3. The summed E-state index contributed by atoms with van der Waals surface area (Å²) < 4.78 is 5.13. The Morgan fingerprint density at radius 3 is 2.00 bits per heavy atom. The van der Waals surface area contributed by atoms with E-state index >= 15 is 0 Å². The fraction of sp³-hybridized carbons (Fsp3) is 0.800. The van der Waals surface area contributed by atoms with Gasteiger partial charge in [0.1, 0.15) is 11.5 Å². The molecule has 0 rings (SSSR count). The van der Waals surface area contributed by atoms with Gasteiger partial charge in [0.25, 0.3) is 0 Å². The predicted molar refractivity (Wildman–Crippen MR) is 56.5 cm³/mol. The van der Waals surface area contributed by atoms with Gasteiger partial charge in [-0.15, -0.1) is 0 Å². The van der Waals surface area contributed by atoms with Crippen LogP contribution in [-0.4, -0.2) is 17.5 Å². The van der Waals surface area contributed by atoms with E-state index in [1.165, 1.54) is 0 Å². The first kappa shape index (κ1) is 13.9. The third-order valence-corrected chi connectivity index (χ3v) is 1.75. The van der Waals surface area contributed by atoms with Crippen LogP contribution in [0.2, 0.25) is 0 Å². The zero-order valence-corrected chi connectivity index (χ0v) is 9.96. The molecule has 5 nitrogen and oxygen atoms in total. The van der Waals surface area contributed by atoms with E-state index in [2.05, 4.69) is 0 Å². The summed E-state index contributed by atoms with van der Waals surface area (Å²) in [5.74, 6) is 2.95. The molecule has 1 atom stereocenters. The summed E-state index contributed by atoms with van der Waals surface area (Å²) in [6.07, 6.45) is 0. The Labute approximate surface area is 90.3 Å². The Hall–Kier alpha value is -1.10. The molecule has 0 aliphatic carbocycles. The molecular weight excluding hydrogens is 196 g/mol. The number of nitrogens with one attached hydrogen (secondary N) is 1. The predicted octanol–water partition coefficient (Wildman–Crippen LogP) is 0.590. The van der Waals surface area contributed by atoms with Gasteiger partial charge in [-0.2, -0.15) is 0 Å². The number of ether oxygens (including phenoxy) is 1. The van der Waals surface area contributed by atoms with Crippen LogP contribution in [0, 0.1) is 11.8 Å². The number of rotatable bonds is 3. The van der Waals surface area contributed by atoms with Gasteiger partial charge >= 0.3 is 5.97 Å². The van der Waals surface area contributed by atoms with Gasteiger partial charge in [-0.25, -0.2) is 5.84 Å². The van der Waals surface area contributed by atoms with Crippen LogP contribution >= 0.6 is 0 Å². The van der Waals surface area contributed by atoms with E-state index in [0.717, 1.165) is 0 Å². The lowest BCUT2D eigenvalue weighted by molar-refractivity contribution is -0.164. The molecule has 5 heteroatoms. The molecule has 0 spiro atoms. The van der Waals surface area contributed by atoms with E-state index in [1.54, 1.807) is 34.6 Å². The van der Waals surface area contributed by atoms with Gasteiger partial charge in [0, 0.05) is 0 Å². The fourth-order valence-corrected chi connectivity index (χ4v) is 1.14. The van der Waals surface area contributed by atoms with Gasteiger partial charge in [0.05, 0.1) is 0 Å². The summed E-state index contributed by atoms with van der Waals surface area (Å²) in [4.78, 5) is 23.0. The van der Waals surface area contributed by atoms with Crippen LogP contribution in [0.3, 0.4) is 0 Å². The third-order valence-electron chi connectivity index (χ3n) is 1.75. The summed E-state index contributed by atoms with van der Waals surface area (Å²) in [5.41, 5.74) is 1.38. The minimum Gasteiger partial charge on any atom is -0.459 e. The van der Waals surface area contributed by atoms with E-state index in [4.69, 9.17) is 10.6 Å². The number of amides is 1. The first-order chi connectivity index (χ1) is 6.69. The van der Waals surface area contributed by atoms with E-state index in [1.807, 2.05) is 5.43 Å². The zero-order chi connectivity index (χ0) is 12.2. The van der Waals surface area contributed by atoms with Crippen molar-refractivity contribution in [2.24, 2.45) is 17.7 Å². The maximum Gasteiger partial charge on any atom is 0.319 e. The minimum absolute atomic E-state index is 0.150. The second-order valence-electron chi connectivity index (χ2n) is 4.76. The SMILES string of the molecule is CC(C)[C@@H](C(=O)NN)C(=O)OC(C)(C)C. The number of hydrogen-bond donors (Lipinski definition) is 2. The summed E-state index contributed by atoms with van der Waals surface area (Å²) in [6, 6.07) is 0. The Bertz CT molecular complexity index is 244. The maximum absolute atomic E-state index is 11.7. The molecule has 3 N–H and O–H groups in total. The van der Waals surface area contributed by atoms with Gasteiger partial charge in [-0.3, -0.25) is 15.0 Å². The highest BCUT2D eigenvalue weighted by Gasteiger charge is 2.33. The van der Waals surface area contributed by atoms with Gasteiger partial charge < -0.3 is 4.74 Å². The molecule has 0 aromatic heterocycles. The quantitative estimate of drug-likeness (QED) is 0.238. The highest BCUT2D eigenvalue weighted by atomic mass is 16.6. The summed E-state index contributed by atoms with van der Waals surface area (Å²) in [5, 5.41) is 0. The van der Waals surface area contributed by atoms with Gasteiger partial charge in [0.15, 0.2) is 0 Å². The van der Waals surface area contributed by atoms with Crippen molar-refractivity contribution < 1.29 is 14.3 Å². The van der Waals surface area contributed by atoms with Crippen LogP contribution < -0.4 is 11.3 Å². The van der Waals surface area contributed by atoms with Crippen LogP contribution in [0.5, 0.6) is 0 Å². The van der Waals surface area contributed by atoms with E-state index < -0.39 is 23.4 Å². The zero-order valence-electron chi connectivity index (χ0n) is 9.96. The smallest absolute Gasteiger partial charge is 0.319 e. The minimum atomic E-state index is -0.853. The molecule has 0 fully saturated rings. The number of carbonyl (C=O) groups is 2. The standard InChI is InChI=1S/C10H20N2O3/c1-6(2)7(8(13)12-11)9(14)15-10(3,4)5/h6-7H,11H2,1-5H3,(H,12,13)/t7-/m0/s1. The van der Waals surface area contributed by atoms with Crippen molar-refractivity contribution in [3.8, 4) is 0 Å². The molecule has 0 saturated carbocycles. The highest BCUT2D eigenvalue weighted by molar-refractivity contribution is 5.97. The maximum atomic E-state index is 11.7.